The number of thiophene rings is 1. The van der Waals surface area contributed by atoms with E-state index in [1.54, 1.807) is 29.7 Å². The Morgan fingerprint density at radius 2 is 2.15 bits per heavy atom. The van der Waals surface area contributed by atoms with Gasteiger partial charge in [-0.1, -0.05) is 17.7 Å². The van der Waals surface area contributed by atoms with Crippen molar-refractivity contribution in [3.05, 3.63) is 63.6 Å². The Bertz CT molecular complexity index is 877. The van der Waals surface area contributed by atoms with Crippen LogP contribution in [0.25, 0.3) is 11.5 Å². The molecular weight excluding hydrogens is 372 g/mol. The minimum Gasteiger partial charge on any atom is -0.444 e. The molecule has 1 fully saturated rings. The van der Waals surface area contributed by atoms with Crippen molar-refractivity contribution >= 4 is 28.8 Å². The highest BCUT2D eigenvalue weighted by Crippen LogP contribution is 2.26. The van der Waals surface area contributed by atoms with Gasteiger partial charge in [-0.3, -0.25) is 4.79 Å². The highest BCUT2D eigenvalue weighted by molar-refractivity contribution is 7.10. The number of carbonyl (C=O) groups excluding carboxylic acids is 1. The molecule has 0 radical (unpaired) electrons. The van der Waals surface area contributed by atoms with Gasteiger partial charge in [0.2, 0.25) is 11.8 Å². The number of rotatable bonds is 4. The number of amides is 1. The SMILES string of the molecule is O=C(Cc1coc(-c2ccc(Cl)cc2)n1)N1CCOC(c2cccs2)C1. The van der Waals surface area contributed by atoms with Gasteiger partial charge in [-0.2, -0.15) is 0 Å². The summed E-state index contributed by atoms with van der Waals surface area (Å²) in [5, 5.41) is 2.68. The van der Waals surface area contributed by atoms with Crippen molar-refractivity contribution in [1.29, 1.82) is 0 Å². The average molecular weight is 389 g/mol. The molecule has 1 aliphatic heterocycles. The summed E-state index contributed by atoms with van der Waals surface area (Å²) < 4.78 is 11.3. The molecule has 0 N–H and O–H groups in total. The van der Waals surface area contributed by atoms with E-state index >= 15 is 0 Å². The third kappa shape index (κ3) is 3.82. The van der Waals surface area contributed by atoms with Crippen LogP contribution in [0.2, 0.25) is 5.02 Å². The molecule has 134 valence electrons. The van der Waals surface area contributed by atoms with Crippen LogP contribution in [0, 0.1) is 0 Å². The van der Waals surface area contributed by atoms with Gasteiger partial charge in [0.25, 0.3) is 0 Å². The van der Waals surface area contributed by atoms with Gasteiger partial charge < -0.3 is 14.1 Å². The largest absolute Gasteiger partial charge is 0.444 e. The Hall–Kier alpha value is -2.15. The lowest BCUT2D eigenvalue weighted by atomic mass is 10.2. The van der Waals surface area contributed by atoms with Gasteiger partial charge in [-0.25, -0.2) is 4.98 Å². The zero-order valence-corrected chi connectivity index (χ0v) is 15.5. The fourth-order valence-electron chi connectivity index (χ4n) is 2.90. The maximum absolute atomic E-state index is 12.6. The van der Waals surface area contributed by atoms with E-state index in [0.717, 1.165) is 10.4 Å². The first-order chi connectivity index (χ1) is 12.7. The minimum atomic E-state index is -0.0466. The molecule has 3 heterocycles. The third-order valence-corrected chi connectivity index (χ3v) is 5.47. The lowest BCUT2D eigenvalue weighted by Crippen LogP contribution is -2.42. The fraction of sp³-hybridized carbons (Fsp3) is 0.263. The number of halogens is 1. The average Bonchev–Trinajstić information content (AvgIpc) is 3.34. The van der Waals surface area contributed by atoms with E-state index in [1.807, 2.05) is 34.5 Å². The van der Waals surface area contributed by atoms with Crippen molar-refractivity contribution in [1.82, 2.24) is 9.88 Å². The maximum Gasteiger partial charge on any atom is 0.228 e. The van der Waals surface area contributed by atoms with Crippen molar-refractivity contribution in [3.8, 4) is 11.5 Å². The fourth-order valence-corrected chi connectivity index (χ4v) is 3.79. The first-order valence-electron chi connectivity index (χ1n) is 8.32. The lowest BCUT2D eigenvalue weighted by Gasteiger charge is -2.32. The van der Waals surface area contributed by atoms with Gasteiger partial charge in [-0.05, 0) is 35.7 Å². The first kappa shape index (κ1) is 17.3. The van der Waals surface area contributed by atoms with Crippen LogP contribution in [-0.4, -0.2) is 35.5 Å². The van der Waals surface area contributed by atoms with Gasteiger partial charge in [-0.15, -0.1) is 11.3 Å². The molecule has 1 aliphatic rings. The second-order valence-corrected chi connectivity index (χ2v) is 7.46. The molecule has 5 nitrogen and oxygen atoms in total. The quantitative estimate of drug-likeness (QED) is 0.672. The molecule has 1 aromatic carbocycles. The van der Waals surface area contributed by atoms with Crippen LogP contribution in [0.5, 0.6) is 0 Å². The standard InChI is InChI=1S/C19H17ClN2O3S/c20-14-5-3-13(4-6-14)19-21-15(12-25-19)10-18(23)22-7-8-24-16(11-22)17-2-1-9-26-17/h1-6,9,12,16H,7-8,10-11H2. The highest BCUT2D eigenvalue weighted by atomic mass is 35.5. The number of nitrogens with zero attached hydrogens (tertiary/aromatic N) is 2. The van der Waals surface area contributed by atoms with E-state index < -0.39 is 0 Å². The molecule has 2 aromatic heterocycles. The Morgan fingerprint density at radius 1 is 1.31 bits per heavy atom. The molecule has 1 atom stereocenters. The Kier molecular flexibility index (Phi) is 5.06. The number of hydrogen-bond donors (Lipinski definition) is 0. The predicted octanol–water partition coefficient (Wildman–Crippen LogP) is 4.20. The van der Waals surface area contributed by atoms with Gasteiger partial charge >= 0.3 is 0 Å². The number of hydrogen-bond acceptors (Lipinski definition) is 5. The predicted molar refractivity (Wildman–Crippen MR) is 100 cm³/mol. The molecule has 0 bridgehead atoms. The monoisotopic (exact) mass is 388 g/mol. The van der Waals surface area contributed by atoms with E-state index in [1.165, 1.54) is 0 Å². The first-order valence-corrected chi connectivity index (χ1v) is 9.58. The van der Waals surface area contributed by atoms with Crippen molar-refractivity contribution < 1.29 is 13.9 Å². The van der Waals surface area contributed by atoms with E-state index in [-0.39, 0.29) is 18.4 Å². The summed E-state index contributed by atoms with van der Waals surface area (Å²) in [6, 6.07) is 11.3. The van der Waals surface area contributed by atoms with Crippen molar-refractivity contribution in [2.45, 2.75) is 12.5 Å². The third-order valence-electron chi connectivity index (χ3n) is 4.25. The smallest absolute Gasteiger partial charge is 0.228 e. The number of oxazole rings is 1. The van der Waals surface area contributed by atoms with Crippen molar-refractivity contribution in [2.75, 3.05) is 19.7 Å². The summed E-state index contributed by atoms with van der Waals surface area (Å²) in [6.07, 6.45) is 1.71. The second kappa shape index (κ2) is 7.61. The number of ether oxygens (including phenoxy) is 1. The molecule has 1 saturated heterocycles. The molecule has 0 aliphatic carbocycles. The molecule has 1 amide bonds. The van der Waals surface area contributed by atoms with E-state index in [0.29, 0.717) is 36.3 Å². The van der Waals surface area contributed by atoms with Gasteiger partial charge in [0, 0.05) is 22.0 Å². The number of benzene rings is 1. The van der Waals surface area contributed by atoms with Gasteiger partial charge in [0.15, 0.2) is 0 Å². The summed E-state index contributed by atoms with van der Waals surface area (Å²) in [4.78, 5) is 20.1. The van der Waals surface area contributed by atoms with E-state index in [9.17, 15) is 4.79 Å². The van der Waals surface area contributed by atoms with E-state index in [2.05, 4.69) is 4.98 Å². The molecule has 1 unspecified atom stereocenters. The van der Waals surface area contributed by atoms with E-state index in [4.69, 9.17) is 20.8 Å². The zero-order valence-electron chi connectivity index (χ0n) is 13.9. The van der Waals surface area contributed by atoms with Crippen LogP contribution >= 0.6 is 22.9 Å². The summed E-state index contributed by atoms with van der Waals surface area (Å²) in [6.45, 7) is 1.72. The van der Waals surface area contributed by atoms with Crippen LogP contribution < -0.4 is 0 Å². The second-order valence-electron chi connectivity index (χ2n) is 6.04. The summed E-state index contributed by atoms with van der Waals surface area (Å²) in [5.74, 6) is 0.522. The van der Waals surface area contributed by atoms with Gasteiger partial charge in [0.05, 0.1) is 25.3 Å². The Morgan fingerprint density at radius 3 is 2.92 bits per heavy atom. The van der Waals surface area contributed by atoms with Crippen LogP contribution in [-0.2, 0) is 16.0 Å². The Labute approximate surface area is 160 Å². The van der Waals surface area contributed by atoms with Crippen molar-refractivity contribution in [3.63, 3.8) is 0 Å². The summed E-state index contributed by atoms with van der Waals surface area (Å²) >= 11 is 7.55. The van der Waals surface area contributed by atoms with Crippen LogP contribution in [0.1, 0.15) is 16.7 Å². The maximum atomic E-state index is 12.6. The number of morpholine rings is 1. The van der Waals surface area contributed by atoms with Gasteiger partial charge in [0.1, 0.15) is 12.4 Å². The molecule has 4 rings (SSSR count). The van der Waals surface area contributed by atoms with Crippen LogP contribution in [0.15, 0.2) is 52.5 Å². The highest BCUT2D eigenvalue weighted by Gasteiger charge is 2.26. The van der Waals surface area contributed by atoms with Crippen molar-refractivity contribution in [2.24, 2.45) is 0 Å². The molecule has 26 heavy (non-hydrogen) atoms. The molecule has 7 heteroatoms. The topological polar surface area (TPSA) is 55.6 Å². The number of carbonyl (C=O) groups is 1. The molecular formula is C19H17ClN2O3S. The molecule has 3 aromatic rings. The summed E-state index contributed by atoms with van der Waals surface area (Å²) in [5.41, 5.74) is 1.45. The normalized spacial score (nSPS) is 17.4. The number of aromatic nitrogens is 1. The zero-order chi connectivity index (χ0) is 17.9. The molecule has 0 spiro atoms. The lowest BCUT2D eigenvalue weighted by molar-refractivity contribution is -0.138. The summed E-state index contributed by atoms with van der Waals surface area (Å²) in [7, 11) is 0. The molecule has 0 saturated carbocycles. The van der Waals surface area contributed by atoms with Crippen LogP contribution in [0.4, 0.5) is 0 Å². The minimum absolute atomic E-state index is 0.0332. The van der Waals surface area contributed by atoms with Crippen LogP contribution in [0.3, 0.4) is 0 Å². The Balaban J connectivity index is 1.41.